The Morgan fingerprint density at radius 2 is 2.14 bits per heavy atom. The van der Waals surface area contributed by atoms with E-state index in [2.05, 4.69) is 57.4 Å². The molecule has 1 aromatic heterocycles. The summed E-state index contributed by atoms with van der Waals surface area (Å²) in [5.74, 6) is 2.82. The van der Waals surface area contributed by atoms with Crippen LogP contribution in [0.15, 0.2) is 34.9 Å². The standard InChI is InChI=1S/C18H23BrN2/c1-13-4-2-5-14(12-13)8-10-20-18-16-6-3-7-17(19)15(16)9-11-21-18/h3,6-7,9,11,13-14H,2,4-5,8,10,12H2,1H3,(H,20,21). The molecule has 1 aromatic carbocycles. The molecule has 112 valence electrons. The predicted octanol–water partition coefficient (Wildman–Crippen LogP) is 5.63. The minimum absolute atomic E-state index is 0.892. The van der Waals surface area contributed by atoms with Gasteiger partial charge in [-0.05, 0) is 36.8 Å². The maximum atomic E-state index is 4.51. The predicted molar refractivity (Wildman–Crippen MR) is 93.7 cm³/mol. The third kappa shape index (κ3) is 3.57. The van der Waals surface area contributed by atoms with E-state index in [1.54, 1.807) is 0 Å². The third-order valence-corrected chi connectivity index (χ3v) is 5.33. The van der Waals surface area contributed by atoms with Gasteiger partial charge in [0.2, 0.25) is 0 Å². The summed E-state index contributed by atoms with van der Waals surface area (Å²) in [4.78, 5) is 4.51. The molecule has 1 aliphatic rings. The second kappa shape index (κ2) is 6.78. The molecule has 1 heterocycles. The summed E-state index contributed by atoms with van der Waals surface area (Å²) in [6.45, 7) is 3.42. The van der Waals surface area contributed by atoms with Crippen molar-refractivity contribution in [2.24, 2.45) is 11.8 Å². The van der Waals surface area contributed by atoms with Gasteiger partial charge < -0.3 is 5.32 Å². The van der Waals surface area contributed by atoms with Crippen LogP contribution in [0, 0.1) is 11.8 Å². The minimum atomic E-state index is 0.892. The molecule has 1 saturated carbocycles. The minimum Gasteiger partial charge on any atom is -0.370 e. The number of anilines is 1. The summed E-state index contributed by atoms with van der Waals surface area (Å²) in [6, 6.07) is 8.35. The summed E-state index contributed by atoms with van der Waals surface area (Å²) in [6.07, 6.45) is 8.78. The van der Waals surface area contributed by atoms with Crippen molar-refractivity contribution in [2.75, 3.05) is 11.9 Å². The lowest BCUT2D eigenvalue weighted by molar-refractivity contribution is 0.274. The topological polar surface area (TPSA) is 24.9 Å². The summed E-state index contributed by atoms with van der Waals surface area (Å²) in [5, 5.41) is 5.97. The summed E-state index contributed by atoms with van der Waals surface area (Å²) >= 11 is 3.61. The summed E-state index contributed by atoms with van der Waals surface area (Å²) < 4.78 is 1.13. The van der Waals surface area contributed by atoms with Crippen LogP contribution in [0.3, 0.4) is 0 Å². The number of benzene rings is 1. The first-order valence-corrected chi connectivity index (χ1v) is 8.80. The summed E-state index contributed by atoms with van der Waals surface area (Å²) in [5.41, 5.74) is 0. The Balaban J connectivity index is 1.64. The number of nitrogens with one attached hydrogen (secondary N) is 1. The van der Waals surface area contributed by atoms with Crippen molar-refractivity contribution >= 4 is 32.5 Å². The van der Waals surface area contributed by atoms with Gasteiger partial charge in [0.1, 0.15) is 5.82 Å². The Hall–Kier alpha value is -1.09. The molecule has 0 radical (unpaired) electrons. The highest BCUT2D eigenvalue weighted by Gasteiger charge is 2.18. The van der Waals surface area contributed by atoms with E-state index in [1.165, 1.54) is 42.9 Å². The normalized spacial score (nSPS) is 22.4. The molecule has 2 nitrogen and oxygen atoms in total. The lowest BCUT2D eigenvalue weighted by atomic mass is 9.81. The number of hydrogen-bond donors (Lipinski definition) is 1. The van der Waals surface area contributed by atoms with Gasteiger partial charge >= 0.3 is 0 Å². The zero-order valence-corrected chi connectivity index (χ0v) is 14.2. The molecular formula is C18H23BrN2. The molecule has 1 fully saturated rings. The Bertz CT molecular complexity index is 611. The fourth-order valence-corrected chi connectivity index (χ4v) is 4.02. The van der Waals surface area contributed by atoms with Gasteiger partial charge in [0.05, 0.1) is 0 Å². The second-order valence-electron chi connectivity index (χ2n) is 6.35. The first-order chi connectivity index (χ1) is 10.2. The van der Waals surface area contributed by atoms with Gasteiger partial charge in [0.15, 0.2) is 0 Å². The van der Waals surface area contributed by atoms with Gasteiger partial charge in [0.25, 0.3) is 0 Å². The smallest absolute Gasteiger partial charge is 0.133 e. The molecule has 2 unspecified atom stereocenters. The van der Waals surface area contributed by atoms with Crippen LogP contribution in [0.1, 0.15) is 39.0 Å². The molecule has 21 heavy (non-hydrogen) atoms. The molecule has 0 saturated heterocycles. The average Bonchev–Trinajstić information content (AvgIpc) is 2.48. The molecule has 0 spiro atoms. The van der Waals surface area contributed by atoms with Gasteiger partial charge in [-0.15, -0.1) is 0 Å². The number of fused-ring (bicyclic) bond motifs is 1. The SMILES string of the molecule is CC1CCCC(CCNc2nccc3c(Br)cccc23)C1. The van der Waals surface area contributed by atoms with Crippen molar-refractivity contribution in [1.29, 1.82) is 0 Å². The van der Waals surface area contributed by atoms with Crippen molar-refractivity contribution in [2.45, 2.75) is 39.0 Å². The van der Waals surface area contributed by atoms with Gasteiger partial charge in [-0.1, -0.05) is 54.2 Å². The highest BCUT2D eigenvalue weighted by molar-refractivity contribution is 9.10. The molecule has 1 N–H and O–H groups in total. The second-order valence-corrected chi connectivity index (χ2v) is 7.20. The van der Waals surface area contributed by atoms with Crippen LogP contribution in [0.4, 0.5) is 5.82 Å². The molecule has 0 bridgehead atoms. The van der Waals surface area contributed by atoms with E-state index in [0.29, 0.717) is 0 Å². The first kappa shape index (κ1) is 14.8. The van der Waals surface area contributed by atoms with Crippen LogP contribution in [0.2, 0.25) is 0 Å². The van der Waals surface area contributed by atoms with E-state index in [-0.39, 0.29) is 0 Å². The fourth-order valence-electron chi connectivity index (χ4n) is 3.53. The van der Waals surface area contributed by atoms with E-state index < -0.39 is 0 Å². The van der Waals surface area contributed by atoms with Crippen molar-refractivity contribution in [3.8, 4) is 0 Å². The molecule has 3 rings (SSSR count). The van der Waals surface area contributed by atoms with Crippen LogP contribution >= 0.6 is 15.9 Å². The first-order valence-electron chi connectivity index (χ1n) is 8.01. The Morgan fingerprint density at radius 3 is 3.00 bits per heavy atom. The zero-order valence-electron chi connectivity index (χ0n) is 12.6. The average molecular weight is 347 g/mol. The molecule has 0 amide bonds. The van der Waals surface area contributed by atoms with E-state index in [1.807, 2.05) is 6.20 Å². The van der Waals surface area contributed by atoms with Crippen molar-refractivity contribution < 1.29 is 0 Å². The van der Waals surface area contributed by atoms with Crippen molar-refractivity contribution in [1.82, 2.24) is 4.98 Å². The van der Waals surface area contributed by atoms with Gasteiger partial charge in [0, 0.05) is 28.0 Å². The lowest BCUT2D eigenvalue weighted by Gasteiger charge is -2.26. The maximum absolute atomic E-state index is 4.51. The Labute approximate surface area is 135 Å². The van der Waals surface area contributed by atoms with Gasteiger partial charge in [-0.2, -0.15) is 0 Å². The molecule has 1 aliphatic carbocycles. The number of rotatable bonds is 4. The summed E-state index contributed by atoms with van der Waals surface area (Å²) in [7, 11) is 0. The Morgan fingerprint density at radius 1 is 1.24 bits per heavy atom. The van der Waals surface area contributed by atoms with Crippen LogP contribution < -0.4 is 5.32 Å². The third-order valence-electron chi connectivity index (χ3n) is 4.64. The monoisotopic (exact) mass is 346 g/mol. The molecular weight excluding hydrogens is 324 g/mol. The van der Waals surface area contributed by atoms with E-state index in [9.17, 15) is 0 Å². The van der Waals surface area contributed by atoms with Crippen LogP contribution in [0.25, 0.3) is 10.8 Å². The fraction of sp³-hybridized carbons (Fsp3) is 0.500. The van der Waals surface area contributed by atoms with Crippen molar-refractivity contribution in [3.05, 3.63) is 34.9 Å². The lowest BCUT2D eigenvalue weighted by Crippen LogP contribution is -2.16. The number of hydrogen-bond acceptors (Lipinski definition) is 2. The number of halogens is 1. The number of pyridine rings is 1. The van der Waals surface area contributed by atoms with Crippen LogP contribution in [0.5, 0.6) is 0 Å². The van der Waals surface area contributed by atoms with Gasteiger partial charge in [-0.25, -0.2) is 4.98 Å². The number of aromatic nitrogens is 1. The molecule has 0 aliphatic heterocycles. The highest BCUT2D eigenvalue weighted by Crippen LogP contribution is 2.31. The Kier molecular flexibility index (Phi) is 4.79. The van der Waals surface area contributed by atoms with E-state index in [4.69, 9.17) is 0 Å². The van der Waals surface area contributed by atoms with E-state index in [0.717, 1.165) is 28.7 Å². The maximum Gasteiger partial charge on any atom is 0.133 e. The van der Waals surface area contributed by atoms with Crippen LogP contribution in [-0.2, 0) is 0 Å². The molecule has 2 atom stereocenters. The highest BCUT2D eigenvalue weighted by atomic mass is 79.9. The molecule has 2 aromatic rings. The van der Waals surface area contributed by atoms with Crippen LogP contribution in [-0.4, -0.2) is 11.5 Å². The van der Waals surface area contributed by atoms with Crippen molar-refractivity contribution in [3.63, 3.8) is 0 Å². The molecule has 3 heteroatoms. The number of nitrogens with zero attached hydrogens (tertiary/aromatic N) is 1. The quantitative estimate of drug-likeness (QED) is 0.776. The van der Waals surface area contributed by atoms with E-state index >= 15 is 0 Å². The zero-order chi connectivity index (χ0) is 14.7. The van der Waals surface area contributed by atoms with Gasteiger partial charge in [-0.3, -0.25) is 0 Å². The largest absolute Gasteiger partial charge is 0.370 e.